The van der Waals surface area contributed by atoms with E-state index < -0.39 is 12.6 Å². The number of rotatable bonds is 4. The van der Waals surface area contributed by atoms with Crippen LogP contribution in [0.1, 0.15) is 33.6 Å². The molecule has 1 heterocycles. The molecule has 0 saturated carbocycles. The smallest absolute Gasteiger partial charge is 0.311 e. The lowest BCUT2D eigenvalue weighted by molar-refractivity contribution is -0.136. The van der Waals surface area contributed by atoms with E-state index >= 15 is 0 Å². The third-order valence-electron chi connectivity index (χ3n) is 3.44. The molecule has 1 aliphatic heterocycles. The molecule has 1 N–H and O–H groups in total. The minimum absolute atomic E-state index is 0.207. The van der Waals surface area contributed by atoms with Crippen molar-refractivity contribution in [2.45, 2.75) is 51.9 Å². The molecule has 0 spiro atoms. The molecule has 0 bridgehead atoms. The van der Waals surface area contributed by atoms with Gasteiger partial charge in [0.25, 0.3) is 0 Å². The van der Waals surface area contributed by atoms with Gasteiger partial charge in [-0.15, -0.1) is 0 Å². The third kappa shape index (κ3) is 5.25. The Morgan fingerprint density at radius 1 is 1.35 bits per heavy atom. The van der Waals surface area contributed by atoms with Crippen LogP contribution >= 0.6 is 0 Å². The summed E-state index contributed by atoms with van der Waals surface area (Å²) in [7, 11) is 0. The molecule has 0 amide bonds. The highest BCUT2D eigenvalue weighted by Crippen LogP contribution is 2.22. The zero-order valence-electron chi connectivity index (χ0n) is 10.8. The Morgan fingerprint density at radius 3 is 2.53 bits per heavy atom. The fourth-order valence-corrected chi connectivity index (χ4v) is 2.19. The zero-order valence-corrected chi connectivity index (χ0v) is 10.8. The topological polar surface area (TPSA) is 15.3 Å². The number of piperazine rings is 1. The monoisotopic (exact) mass is 252 g/mol. The van der Waals surface area contributed by atoms with Crippen LogP contribution in [-0.4, -0.2) is 42.8 Å². The maximum absolute atomic E-state index is 12.1. The lowest BCUT2D eigenvalue weighted by Gasteiger charge is -2.40. The van der Waals surface area contributed by atoms with Crippen molar-refractivity contribution in [3.8, 4) is 0 Å². The quantitative estimate of drug-likeness (QED) is 0.827. The van der Waals surface area contributed by atoms with Crippen molar-refractivity contribution in [2.75, 3.05) is 19.6 Å². The van der Waals surface area contributed by atoms with Gasteiger partial charge in [-0.2, -0.15) is 13.2 Å². The number of hydrogen-bond acceptors (Lipinski definition) is 2. The van der Waals surface area contributed by atoms with Gasteiger partial charge in [-0.05, 0) is 25.8 Å². The maximum Gasteiger partial charge on any atom is 0.389 e. The molecule has 0 aliphatic carbocycles. The van der Waals surface area contributed by atoms with Gasteiger partial charge in [0.15, 0.2) is 0 Å². The van der Waals surface area contributed by atoms with Gasteiger partial charge in [0.05, 0.1) is 0 Å². The second-order valence-corrected chi connectivity index (χ2v) is 5.32. The van der Waals surface area contributed by atoms with Gasteiger partial charge < -0.3 is 5.32 Å². The molecule has 102 valence electrons. The van der Waals surface area contributed by atoms with Gasteiger partial charge in [-0.3, -0.25) is 4.90 Å². The predicted octanol–water partition coefficient (Wildman–Crippen LogP) is 2.65. The molecule has 1 saturated heterocycles. The van der Waals surface area contributed by atoms with Crippen LogP contribution in [-0.2, 0) is 0 Å². The molecule has 0 aromatic rings. The van der Waals surface area contributed by atoms with Crippen molar-refractivity contribution in [2.24, 2.45) is 5.92 Å². The van der Waals surface area contributed by atoms with Crippen molar-refractivity contribution < 1.29 is 13.2 Å². The van der Waals surface area contributed by atoms with E-state index in [2.05, 4.69) is 31.0 Å². The summed E-state index contributed by atoms with van der Waals surface area (Å²) in [5, 5.41) is 3.44. The first-order chi connectivity index (χ1) is 7.79. The highest BCUT2D eigenvalue weighted by atomic mass is 19.4. The Morgan fingerprint density at radius 2 is 2.00 bits per heavy atom. The molecule has 2 nitrogen and oxygen atoms in total. The minimum Gasteiger partial charge on any atom is -0.311 e. The Balaban J connectivity index is 2.35. The van der Waals surface area contributed by atoms with E-state index in [1.54, 1.807) is 0 Å². The van der Waals surface area contributed by atoms with Crippen LogP contribution in [0.15, 0.2) is 0 Å². The van der Waals surface area contributed by atoms with E-state index in [9.17, 15) is 13.2 Å². The van der Waals surface area contributed by atoms with Crippen LogP contribution < -0.4 is 5.32 Å². The molecule has 0 aromatic heterocycles. The molecule has 2 atom stereocenters. The number of halogens is 3. The number of nitrogens with one attached hydrogen (secondary N) is 1. The molecular formula is C12H23F3N2. The summed E-state index contributed by atoms with van der Waals surface area (Å²) in [5.74, 6) is 0.521. The van der Waals surface area contributed by atoms with Crippen LogP contribution in [0.25, 0.3) is 0 Å². The normalized spacial score (nSPS) is 27.7. The predicted molar refractivity (Wildman–Crippen MR) is 63.0 cm³/mol. The van der Waals surface area contributed by atoms with Crippen LogP contribution in [0.5, 0.6) is 0 Å². The number of alkyl halides is 3. The zero-order chi connectivity index (χ0) is 13.1. The van der Waals surface area contributed by atoms with Gasteiger partial charge in [0.1, 0.15) is 0 Å². The summed E-state index contributed by atoms with van der Waals surface area (Å²) in [6, 6.07) is 0.732. The van der Waals surface area contributed by atoms with Crippen molar-refractivity contribution in [3.63, 3.8) is 0 Å². The fraction of sp³-hybridized carbons (Fsp3) is 1.00. The first-order valence-corrected chi connectivity index (χ1v) is 6.34. The van der Waals surface area contributed by atoms with Gasteiger partial charge in [-0.25, -0.2) is 0 Å². The summed E-state index contributed by atoms with van der Waals surface area (Å²) in [6.07, 6.45) is -4.48. The summed E-state index contributed by atoms with van der Waals surface area (Å²) in [6.45, 7) is 8.62. The summed E-state index contributed by atoms with van der Waals surface area (Å²) < 4.78 is 36.2. The highest BCUT2D eigenvalue weighted by Gasteiger charge is 2.29. The van der Waals surface area contributed by atoms with E-state index in [0.717, 1.165) is 13.1 Å². The minimum atomic E-state index is -4.02. The van der Waals surface area contributed by atoms with Crippen LogP contribution in [0.4, 0.5) is 13.2 Å². The SMILES string of the molecule is CC(C)C1CN(CCCC(F)(F)F)C(C)CN1. The molecular weight excluding hydrogens is 229 g/mol. The Labute approximate surface area is 102 Å². The first-order valence-electron chi connectivity index (χ1n) is 6.34. The molecule has 2 unspecified atom stereocenters. The van der Waals surface area contributed by atoms with E-state index in [0.29, 0.717) is 24.5 Å². The molecule has 0 aromatic carbocycles. The highest BCUT2D eigenvalue weighted by molar-refractivity contribution is 4.85. The Bertz CT molecular complexity index is 228. The van der Waals surface area contributed by atoms with E-state index in [1.807, 2.05) is 0 Å². The van der Waals surface area contributed by atoms with Crippen molar-refractivity contribution in [3.05, 3.63) is 0 Å². The maximum atomic E-state index is 12.1. The van der Waals surface area contributed by atoms with E-state index in [-0.39, 0.29) is 6.42 Å². The van der Waals surface area contributed by atoms with Crippen LogP contribution in [0, 0.1) is 5.92 Å². The molecule has 0 radical (unpaired) electrons. The van der Waals surface area contributed by atoms with Crippen molar-refractivity contribution >= 4 is 0 Å². The van der Waals surface area contributed by atoms with Crippen LogP contribution in [0.3, 0.4) is 0 Å². The van der Waals surface area contributed by atoms with E-state index in [4.69, 9.17) is 0 Å². The molecule has 5 heteroatoms. The Hall–Kier alpha value is -0.290. The summed E-state index contributed by atoms with van der Waals surface area (Å²) >= 11 is 0. The molecule has 1 aliphatic rings. The number of nitrogens with zero attached hydrogens (tertiary/aromatic N) is 1. The fourth-order valence-electron chi connectivity index (χ4n) is 2.19. The first kappa shape index (κ1) is 14.8. The standard InChI is InChI=1S/C12H23F3N2/c1-9(2)11-8-17(10(3)7-16-11)6-4-5-12(13,14)15/h9-11,16H,4-8H2,1-3H3. The summed E-state index contributed by atoms with van der Waals surface area (Å²) in [5.41, 5.74) is 0. The van der Waals surface area contributed by atoms with Gasteiger partial charge in [0.2, 0.25) is 0 Å². The van der Waals surface area contributed by atoms with Gasteiger partial charge in [0, 0.05) is 31.6 Å². The Kier molecular flexibility index (Phi) is 5.25. The molecule has 1 rings (SSSR count). The van der Waals surface area contributed by atoms with Gasteiger partial charge in [-0.1, -0.05) is 13.8 Å². The second kappa shape index (κ2) is 6.05. The third-order valence-corrected chi connectivity index (χ3v) is 3.44. The van der Waals surface area contributed by atoms with Gasteiger partial charge >= 0.3 is 6.18 Å². The average Bonchev–Trinajstić information content (AvgIpc) is 2.18. The summed E-state index contributed by atoms with van der Waals surface area (Å²) in [4.78, 5) is 2.17. The largest absolute Gasteiger partial charge is 0.389 e. The lowest BCUT2D eigenvalue weighted by Crippen LogP contribution is -2.57. The average molecular weight is 252 g/mol. The molecule has 17 heavy (non-hydrogen) atoms. The van der Waals surface area contributed by atoms with Crippen LogP contribution in [0.2, 0.25) is 0 Å². The molecule has 1 fully saturated rings. The second-order valence-electron chi connectivity index (χ2n) is 5.32. The lowest BCUT2D eigenvalue weighted by atomic mass is 9.99. The van der Waals surface area contributed by atoms with Crippen molar-refractivity contribution in [1.82, 2.24) is 10.2 Å². The van der Waals surface area contributed by atoms with E-state index in [1.165, 1.54) is 0 Å². The van der Waals surface area contributed by atoms with Crippen molar-refractivity contribution in [1.29, 1.82) is 0 Å². The number of hydrogen-bond donors (Lipinski definition) is 1.